The predicted octanol–water partition coefficient (Wildman–Crippen LogP) is 2.37. The van der Waals surface area contributed by atoms with Gasteiger partial charge in [0.2, 0.25) is 0 Å². The molecule has 0 aliphatic carbocycles. The Labute approximate surface area is 129 Å². The Kier molecular flexibility index (Phi) is 6.42. The maximum Gasteiger partial charge on any atom is 0.254 e. The van der Waals surface area contributed by atoms with Crippen molar-refractivity contribution in [3.63, 3.8) is 0 Å². The fraction of sp³-hybridized carbons (Fsp3) is 0.533. The third-order valence-electron chi connectivity index (χ3n) is 3.42. The van der Waals surface area contributed by atoms with Crippen LogP contribution in [0.1, 0.15) is 29.6 Å². The first kappa shape index (κ1) is 16.2. The van der Waals surface area contributed by atoms with Crippen LogP contribution in [0.5, 0.6) is 0 Å². The third-order valence-corrected chi connectivity index (χ3v) is 3.65. The Morgan fingerprint density at radius 2 is 2.19 bits per heavy atom. The summed E-state index contributed by atoms with van der Waals surface area (Å²) in [7, 11) is 0. The molecular weight excluding hydrogens is 295 g/mol. The third kappa shape index (κ3) is 5.26. The molecule has 6 heteroatoms. The van der Waals surface area contributed by atoms with E-state index < -0.39 is 11.7 Å². The first-order valence-corrected chi connectivity index (χ1v) is 7.60. The predicted molar refractivity (Wildman–Crippen MR) is 80.2 cm³/mol. The molecule has 1 aromatic carbocycles. The second kappa shape index (κ2) is 8.32. The van der Waals surface area contributed by atoms with Gasteiger partial charge in [-0.1, -0.05) is 11.6 Å². The zero-order chi connectivity index (χ0) is 15.1. The van der Waals surface area contributed by atoms with E-state index in [1.807, 2.05) is 0 Å². The van der Waals surface area contributed by atoms with Crippen LogP contribution in [0.3, 0.4) is 0 Å². The van der Waals surface area contributed by atoms with Gasteiger partial charge < -0.3 is 15.4 Å². The molecule has 1 aromatic rings. The summed E-state index contributed by atoms with van der Waals surface area (Å²) in [5.41, 5.74) is -0.0261. The van der Waals surface area contributed by atoms with E-state index in [4.69, 9.17) is 16.3 Å². The Morgan fingerprint density at radius 1 is 1.43 bits per heavy atom. The number of piperidine rings is 1. The van der Waals surface area contributed by atoms with Crippen LogP contribution >= 0.6 is 11.6 Å². The van der Waals surface area contributed by atoms with Gasteiger partial charge in [0.1, 0.15) is 5.82 Å². The first-order chi connectivity index (χ1) is 10.2. The van der Waals surface area contributed by atoms with E-state index in [0.29, 0.717) is 30.7 Å². The van der Waals surface area contributed by atoms with Crippen molar-refractivity contribution in [2.45, 2.75) is 25.4 Å². The van der Waals surface area contributed by atoms with Crippen molar-refractivity contribution in [1.82, 2.24) is 10.6 Å². The number of carbonyl (C=O) groups excluding carboxylic acids is 1. The molecule has 116 valence electrons. The number of hydrogen-bond acceptors (Lipinski definition) is 3. The van der Waals surface area contributed by atoms with Crippen molar-refractivity contribution in [3.8, 4) is 0 Å². The second-order valence-electron chi connectivity index (χ2n) is 5.05. The summed E-state index contributed by atoms with van der Waals surface area (Å²) in [6, 6.07) is 3.94. The lowest BCUT2D eigenvalue weighted by Gasteiger charge is -2.22. The van der Waals surface area contributed by atoms with E-state index in [9.17, 15) is 9.18 Å². The minimum atomic E-state index is -0.567. The molecule has 2 rings (SSSR count). The zero-order valence-corrected chi connectivity index (χ0v) is 12.6. The average molecular weight is 315 g/mol. The van der Waals surface area contributed by atoms with Crippen molar-refractivity contribution in [2.24, 2.45) is 0 Å². The molecule has 0 atom stereocenters. The lowest BCUT2D eigenvalue weighted by molar-refractivity contribution is 0.0317. The van der Waals surface area contributed by atoms with Crippen molar-refractivity contribution < 1.29 is 13.9 Å². The molecule has 21 heavy (non-hydrogen) atoms. The number of halogens is 2. The van der Waals surface area contributed by atoms with Gasteiger partial charge in [-0.05, 0) is 50.6 Å². The summed E-state index contributed by atoms with van der Waals surface area (Å²) in [5, 5.41) is 6.29. The SMILES string of the molecule is O=C(NCCCOC1CCNCC1)c1cc(Cl)ccc1F. The van der Waals surface area contributed by atoms with E-state index in [1.165, 1.54) is 18.2 Å². The van der Waals surface area contributed by atoms with Gasteiger partial charge in [-0.15, -0.1) is 0 Å². The van der Waals surface area contributed by atoms with Crippen LogP contribution in [0.2, 0.25) is 5.02 Å². The van der Waals surface area contributed by atoms with E-state index in [1.54, 1.807) is 0 Å². The van der Waals surface area contributed by atoms with Crippen LogP contribution < -0.4 is 10.6 Å². The highest BCUT2D eigenvalue weighted by Crippen LogP contribution is 2.14. The topological polar surface area (TPSA) is 50.4 Å². The first-order valence-electron chi connectivity index (χ1n) is 7.22. The fourth-order valence-electron chi connectivity index (χ4n) is 2.25. The summed E-state index contributed by atoms with van der Waals surface area (Å²) < 4.78 is 19.2. The second-order valence-corrected chi connectivity index (χ2v) is 5.49. The van der Waals surface area contributed by atoms with Gasteiger partial charge in [-0.25, -0.2) is 4.39 Å². The lowest BCUT2D eigenvalue weighted by Crippen LogP contribution is -2.33. The van der Waals surface area contributed by atoms with Crippen LogP contribution in [-0.2, 0) is 4.74 Å². The van der Waals surface area contributed by atoms with Gasteiger partial charge in [-0.2, -0.15) is 0 Å². The average Bonchev–Trinajstić information content (AvgIpc) is 2.50. The number of nitrogens with one attached hydrogen (secondary N) is 2. The molecule has 1 saturated heterocycles. The monoisotopic (exact) mass is 314 g/mol. The summed E-state index contributed by atoms with van der Waals surface area (Å²) >= 11 is 5.76. The van der Waals surface area contributed by atoms with Crippen molar-refractivity contribution in [3.05, 3.63) is 34.6 Å². The van der Waals surface area contributed by atoms with Crippen molar-refractivity contribution in [1.29, 1.82) is 0 Å². The van der Waals surface area contributed by atoms with Crippen molar-refractivity contribution >= 4 is 17.5 Å². The summed E-state index contributed by atoms with van der Waals surface area (Å²) in [4.78, 5) is 11.8. The molecule has 0 bridgehead atoms. The lowest BCUT2D eigenvalue weighted by atomic mass is 10.1. The van der Waals surface area contributed by atoms with Crippen molar-refractivity contribution in [2.75, 3.05) is 26.2 Å². The molecule has 2 N–H and O–H groups in total. The molecule has 1 aliphatic heterocycles. The maximum atomic E-state index is 13.5. The number of rotatable bonds is 6. The van der Waals surface area contributed by atoms with E-state index in [0.717, 1.165) is 25.9 Å². The summed E-state index contributed by atoms with van der Waals surface area (Å²) in [6.07, 6.45) is 3.07. The molecule has 4 nitrogen and oxygen atoms in total. The Morgan fingerprint density at radius 3 is 2.95 bits per heavy atom. The Balaban J connectivity index is 1.66. The van der Waals surface area contributed by atoms with E-state index in [2.05, 4.69) is 10.6 Å². The van der Waals surface area contributed by atoms with Gasteiger partial charge in [0.25, 0.3) is 5.91 Å². The van der Waals surface area contributed by atoms with Gasteiger partial charge in [0.15, 0.2) is 0 Å². The van der Waals surface area contributed by atoms with Gasteiger partial charge in [0, 0.05) is 18.2 Å². The number of amides is 1. The molecule has 0 radical (unpaired) electrons. The summed E-state index contributed by atoms with van der Waals surface area (Å²) in [5.74, 6) is -1.01. The quantitative estimate of drug-likeness (QED) is 0.793. The van der Waals surface area contributed by atoms with Crippen LogP contribution in [0.25, 0.3) is 0 Å². The van der Waals surface area contributed by atoms with Gasteiger partial charge in [-0.3, -0.25) is 4.79 Å². The normalized spacial score (nSPS) is 15.9. The van der Waals surface area contributed by atoms with E-state index in [-0.39, 0.29) is 5.56 Å². The number of benzene rings is 1. The minimum absolute atomic E-state index is 0.0261. The molecule has 1 heterocycles. The minimum Gasteiger partial charge on any atom is -0.378 e. The fourth-order valence-corrected chi connectivity index (χ4v) is 2.43. The molecule has 0 spiro atoms. The number of ether oxygens (including phenoxy) is 1. The highest BCUT2D eigenvalue weighted by Gasteiger charge is 2.13. The highest BCUT2D eigenvalue weighted by atomic mass is 35.5. The molecule has 1 fully saturated rings. The zero-order valence-electron chi connectivity index (χ0n) is 11.8. The van der Waals surface area contributed by atoms with Gasteiger partial charge in [0.05, 0.1) is 11.7 Å². The van der Waals surface area contributed by atoms with Crippen LogP contribution in [-0.4, -0.2) is 38.3 Å². The number of carbonyl (C=O) groups is 1. The molecular formula is C15H20ClFN2O2. The Bertz CT molecular complexity index is 479. The van der Waals surface area contributed by atoms with Crippen LogP contribution in [0.15, 0.2) is 18.2 Å². The maximum absolute atomic E-state index is 13.5. The van der Waals surface area contributed by atoms with E-state index >= 15 is 0 Å². The molecule has 1 amide bonds. The largest absolute Gasteiger partial charge is 0.378 e. The Hall–Kier alpha value is -1.17. The number of hydrogen-bond donors (Lipinski definition) is 2. The standard InChI is InChI=1S/C15H20ClFN2O2/c16-11-2-3-14(17)13(10-11)15(20)19-6-1-9-21-12-4-7-18-8-5-12/h2-3,10,12,18H,1,4-9H2,(H,19,20). The van der Waals surface area contributed by atoms with Crippen LogP contribution in [0.4, 0.5) is 4.39 Å². The molecule has 1 aliphatic rings. The van der Waals surface area contributed by atoms with Crippen LogP contribution in [0, 0.1) is 5.82 Å². The molecule has 0 unspecified atom stereocenters. The highest BCUT2D eigenvalue weighted by molar-refractivity contribution is 6.30. The smallest absolute Gasteiger partial charge is 0.254 e. The molecule has 0 saturated carbocycles. The van der Waals surface area contributed by atoms with Gasteiger partial charge >= 0.3 is 0 Å². The summed E-state index contributed by atoms with van der Waals surface area (Å²) in [6.45, 7) is 3.05. The molecule has 0 aromatic heterocycles.